The first-order chi connectivity index (χ1) is 8.49. The van der Waals surface area contributed by atoms with E-state index in [0.717, 1.165) is 15.6 Å². The van der Waals surface area contributed by atoms with E-state index >= 15 is 0 Å². The first-order valence-corrected chi connectivity index (χ1v) is 6.31. The average Bonchev–Trinajstić information content (AvgIpc) is 2.35. The zero-order valence-corrected chi connectivity index (χ0v) is 11.8. The number of halogens is 1. The third kappa shape index (κ3) is 2.43. The van der Waals surface area contributed by atoms with Crippen molar-refractivity contribution in [2.75, 3.05) is 5.73 Å². The van der Waals surface area contributed by atoms with Crippen molar-refractivity contribution >= 4 is 27.5 Å². The van der Waals surface area contributed by atoms with Gasteiger partial charge in [-0.1, -0.05) is 28.1 Å². The van der Waals surface area contributed by atoms with Gasteiger partial charge in [-0.25, -0.2) is 4.98 Å². The van der Waals surface area contributed by atoms with Crippen LogP contribution in [-0.2, 0) is 0 Å². The number of aromatic nitrogens is 1. The number of hydrogen-bond acceptors (Lipinski definition) is 3. The van der Waals surface area contributed by atoms with Gasteiger partial charge in [-0.05, 0) is 37.1 Å². The summed E-state index contributed by atoms with van der Waals surface area (Å²) in [6.45, 7) is 3.86. The molecule has 3 nitrogen and oxygen atoms in total. The summed E-state index contributed by atoms with van der Waals surface area (Å²) in [4.78, 5) is 16.4. The molecular weight excluding hydrogens is 292 g/mol. The number of nitrogen functional groups attached to an aromatic ring is 1. The van der Waals surface area contributed by atoms with Crippen LogP contribution in [-0.4, -0.2) is 10.8 Å². The van der Waals surface area contributed by atoms with Crippen molar-refractivity contribution in [3.8, 4) is 0 Å². The molecule has 1 aromatic carbocycles. The Labute approximate surface area is 114 Å². The molecule has 0 atom stereocenters. The fraction of sp³-hybridized carbons (Fsp3) is 0.143. The van der Waals surface area contributed by atoms with Gasteiger partial charge in [-0.3, -0.25) is 4.79 Å². The quantitative estimate of drug-likeness (QED) is 0.866. The molecule has 4 heteroatoms. The second-order valence-corrected chi connectivity index (χ2v) is 5.09. The van der Waals surface area contributed by atoms with Gasteiger partial charge < -0.3 is 5.73 Å². The Morgan fingerprint density at radius 3 is 2.67 bits per heavy atom. The van der Waals surface area contributed by atoms with E-state index in [0.29, 0.717) is 11.1 Å². The minimum absolute atomic E-state index is 0.107. The van der Waals surface area contributed by atoms with Crippen molar-refractivity contribution in [2.24, 2.45) is 0 Å². The molecule has 0 spiro atoms. The Bertz CT molecular complexity index is 623. The molecular formula is C14H13BrN2O. The standard InChI is InChI=1S/C14H13BrN2O/c1-8-5-11(14(16)17-7-8)13(18)10-4-3-9(2)12(15)6-10/h3-7H,1-2H3,(H2,16,17). The smallest absolute Gasteiger partial charge is 0.196 e. The molecule has 0 amide bonds. The highest BCUT2D eigenvalue weighted by Gasteiger charge is 2.14. The lowest BCUT2D eigenvalue weighted by atomic mass is 10.0. The van der Waals surface area contributed by atoms with Crippen LogP contribution < -0.4 is 5.73 Å². The highest BCUT2D eigenvalue weighted by molar-refractivity contribution is 9.10. The molecule has 0 bridgehead atoms. The largest absolute Gasteiger partial charge is 0.383 e. The number of pyridine rings is 1. The molecule has 0 radical (unpaired) electrons. The second-order valence-electron chi connectivity index (χ2n) is 4.24. The molecule has 2 rings (SSSR count). The normalized spacial score (nSPS) is 10.4. The SMILES string of the molecule is Cc1cnc(N)c(C(=O)c2ccc(C)c(Br)c2)c1. The van der Waals surface area contributed by atoms with E-state index in [1.54, 1.807) is 24.4 Å². The van der Waals surface area contributed by atoms with Gasteiger partial charge in [-0.2, -0.15) is 0 Å². The molecule has 0 saturated carbocycles. The Kier molecular flexibility index (Phi) is 3.48. The van der Waals surface area contributed by atoms with E-state index in [1.165, 1.54) is 0 Å². The van der Waals surface area contributed by atoms with Gasteiger partial charge in [0.25, 0.3) is 0 Å². The predicted molar refractivity (Wildman–Crippen MR) is 75.7 cm³/mol. The van der Waals surface area contributed by atoms with Crippen molar-refractivity contribution in [1.29, 1.82) is 0 Å². The summed E-state index contributed by atoms with van der Waals surface area (Å²) in [7, 11) is 0. The lowest BCUT2D eigenvalue weighted by molar-refractivity contribution is 0.103. The van der Waals surface area contributed by atoms with E-state index in [-0.39, 0.29) is 11.6 Å². The van der Waals surface area contributed by atoms with E-state index < -0.39 is 0 Å². The third-order valence-corrected chi connectivity index (χ3v) is 3.59. The third-order valence-electron chi connectivity index (χ3n) is 2.73. The van der Waals surface area contributed by atoms with Crippen LogP contribution in [0.15, 0.2) is 34.9 Å². The van der Waals surface area contributed by atoms with E-state index in [4.69, 9.17) is 5.73 Å². The minimum Gasteiger partial charge on any atom is -0.383 e. The van der Waals surface area contributed by atoms with Gasteiger partial charge in [0.1, 0.15) is 5.82 Å². The van der Waals surface area contributed by atoms with Crippen LogP contribution >= 0.6 is 15.9 Å². The van der Waals surface area contributed by atoms with Crippen molar-refractivity contribution in [1.82, 2.24) is 4.98 Å². The maximum absolute atomic E-state index is 12.3. The molecule has 0 saturated heterocycles. The summed E-state index contributed by atoms with van der Waals surface area (Å²) in [5, 5.41) is 0. The molecule has 1 aromatic heterocycles. The summed E-state index contributed by atoms with van der Waals surface area (Å²) < 4.78 is 0.910. The van der Waals surface area contributed by atoms with Gasteiger partial charge in [0.05, 0.1) is 5.56 Å². The summed E-state index contributed by atoms with van der Waals surface area (Å²) in [6, 6.07) is 7.26. The number of nitrogens with two attached hydrogens (primary N) is 1. The number of carbonyl (C=O) groups is 1. The second kappa shape index (κ2) is 4.90. The Morgan fingerprint density at radius 1 is 1.28 bits per heavy atom. The van der Waals surface area contributed by atoms with E-state index in [1.807, 2.05) is 19.9 Å². The Balaban J connectivity index is 2.47. The van der Waals surface area contributed by atoms with Crippen molar-refractivity contribution < 1.29 is 4.79 Å². The maximum Gasteiger partial charge on any atom is 0.196 e. The number of anilines is 1. The molecule has 92 valence electrons. The highest BCUT2D eigenvalue weighted by atomic mass is 79.9. The number of benzene rings is 1. The minimum atomic E-state index is -0.107. The van der Waals surface area contributed by atoms with Gasteiger partial charge in [0.2, 0.25) is 0 Å². The number of hydrogen-bond donors (Lipinski definition) is 1. The fourth-order valence-corrected chi connectivity index (χ4v) is 2.03. The van der Waals surface area contributed by atoms with Gasteiger partial charge in [0, 0.05) is 16.2 Å². The summed E-state index contributed by atoms with van der Waals surface area (Å²) >= 11 is 3.42. The zero-order valence-electron chi connectivity index (χ0n) is 10.2. The van der Waals surface area contributed by atoms with Crippen LogP contribution in [0.4, 0.5) is 5.82 Å². The number of aryl methyl sites for hydroxylation is 2. The molecule has 1 heterocycles. The van der Waals surface area contributed by atoms with Crippen molar-refractivity contribution in [3.63, 3.8) is 0 Å². The van der Waals surface area contributed by atoms with Crippen LogP contribution in [0.25, 0.3) is 0 Å². The lowest BCUT2D eigenvalue weighted by Gasteiger charge is -2.06. The van der Waals surface area contributed by atoms with Crippen molar-refractivity contribution in [2.45, 2.75) is 13.8 Å². The predicted octanol–water partition coefficient (Wildman–Crippen LogP) is 3.27. The molecule has 0 aliphatic rings. The van der Waals surface area contributed by atoms with Gasteiger partial charge in [-0.15, -0.1) is 0 Å². The molecule has 0 fully saturated rings. The molecule has 0 unspecified atom stereocenters. The van der Waals surface area contributed by atoms with Crippen molar-refractivity contribution in [3.05, 3.63) is 57.2 Å². The van der Waals surface area contributed by atoms with Crippen LogP contribution in [0.5, 0.6) is 0 Å². The average molecular weight is 305 g/mol. The number of ketones is 1. The Morgan fingerprint density at radius 2 is 2.00 bits per heavy atom. The molecule has 2 N–H and O–H groups in total. The summed E-state index contributed by atoms with van der Waals surface area (Å²) in [5.41, 5.74) is 8.81. The van der Waals surface area contributed by atoms with Crippen LogP contribution in [0.3, 0.4) is 0 Å². The highest BCUT2D eigenvalue weighted by Crippen LogP contribution is 2.21. The number of nitrogens with zero attached hydrogens (tertiary/aromatic N) is 1. The number of carbonyl (C=O) groups excluding carboxylic acids is 1. The van der Waals surface area contributed by atoms with E-state index in [2.05, 4.69) is 20.9 Å². The van der Waals surface area contributed by atoms with Crippen LogP contribution in [0, 0.1) is 13.8 Å². The van der Waals surface area contributed by atoms with Gasteiger partial charge in [0.15, 0.2) is 5.78 Å². The topological polar surface area (TPSA) is 56.0 Å². The van der Waals surface area contributed by atoms with Gasteiger partial charge >= 0.3 is 0 Å². The lowest BCUT2D eigenvalue weighted by Crippen LogP contribution is -2.07. The summed E-state index contributed by atoms with van der Waals surface area (Å²) in [6.07, 6.45) is 1.65. The first kappa shape index (κ1) is 12.8. The first-order valence-electron chi connectivity index (χ1n) is 5.52. The monoisotopic (exact) mass is 304 g/mol. The molecule has 18 heavy (non-hydrogen) atoms. The van der Waals surface area contributed by atoms with Crippen LogP contribution in [0.1, 0.15) is 27.0 Å². The molecule has 0 aliphatic carbocycles. The molecule has 0 aliphatic heterocycles. The van der Waals surface area contributed by atoms with E-state index in [9.17, 15) is 4.79 Å². The molecule has 2 aromatic rings. The van der Waals surface area contributed by atoms with Crippen LogP contribution in [0.2, 0.25) is 0 Å². The zero-order chi connectivity index (χ0) is 13.3. The number of rotatable bonds is 2. The fourth-order valence-electron chi connectivity index (χ4n) is 1.65. The summed E-state index contributed by atoms with van der Waals surface area (Å²) in [5.74, 6) is 0.159. The Hall–Kier alpha value is -1.68. The maximum atomic E-state index is 12.3.